The maximum Gasteiger partial charge on any atom is 0.315 e. The smallest absolute Gasteiger partial charge is 0.315 e. The Bertz CT molecular complexity index is 655. The fourth-order valence-corrected chi connectivity index (χ4v) is 3.92. The highest BCUT2D eigenvalue weighted by Crippen LogP contribution is 2.21. The van der Waals surface area contributed by atoms with Crippen molar-refractivity contribution in [2.75, 3.05) is 30.8 Å². The van der Waals surface area contributed by atoms with Gasteiger partial charge in [-0.25, -0.2) is 13.2 Å². The lowest BCUT2D eigenvalue weighted by atomic mass is 9.96. The summed E-state index contributed by atoms with van der Waals surface area (Å²) in [7, 11) is -1.89. The first-order valence-electron chi connectivity index (χ1n) is 8.56. The monoisotopic (exact) mass is 369 g/mol. The SMILES string of the molecule is COc1ccc(N(CCNC(=O)NC2CCCCC2)S(C)(=O)=O)cc1. The van der Waals surface area contributed by atoms with Gasteiger partial charge in [0.2, 0.25) is 10.0 Å². The third-order valence-electron chi connectivity index (χ3n) is 4.30. The molecule has 1 aliphatic carbocycles. The topological polar surface area (TPSA) is 87.7 Å². The van der Waals surface area contributed by atoms with Crippen LogP contribution in [0.2, 0.25) is 0 Å². The quantitative estimate of drug-likeness (QED) is 0.770. The average Bonchev–Trinajstić information content (AvgIpc) is 2.59. The van der Waals surface area contributed by atoms with Gasteiger partial charge in [0.15, 0.2) is 0 Å². The summed E-state index contributed by atoms with van der Waals surface area (Å²) < 4.78 is 30.4. The molecule has 0 aliphatic heterocycles. The molecule has 1 aromatic carbocycles. The third kappa shape index (κ3) is 6.12. The van der Waals surface area contributed by atoms with Crippen molar-refractivity contribution in [2.45, 2.75) is 38.1 Å². The van der Waals surface area contributed by atoms with Gasteiger partial charge in [-0.15, -0.1) is 0 Å². The Morgan fingerprint density at radius 3 is 2.40 bits per heavy atom. The van der Waals surface area contributed by atoms with E-state index in [1.54, 1.807) is 31.4 Å². The molecule has 0 spiro atoms. The van der Waals surface area contributed by atoms with Crippen LogP contribution in [-0.4, -0.2) is 46.9 Å². The molecule has 0 unspecified atom stereocenters. The molecule has 1 fully saturated rings. The predicted octanol–water partition coefficient (Wildman–Crippen LogP) is 2.09. The van der Waals surface area contributed by atoms with Crippen molar-refractivity contribution in [3.8, 4) is 5.75 Å². The molecular formula is C17H27N3O4S. The molecule has 2 N–H and O–H groups in total. The average molecular weight is 369 g/mol. The van der Waals surface area contributed by atoms with E-state index in [9.17, 15) is 13.2 Å². The normalized spacial score (nSPS) is 15.4. The second-order valence-electron chi connectivity index (χ2n) is 6.27. The Morgan fingerprint density at radius 2 is 1.84 bits per heavy atom. The van der Waals surface area contributed by atoms with Crippen LogP contribution < -0.4 is 19.7 Å². The molecule has 2 amide bonds. The first-order valence-corrected chi connectivity index (χ1v) is 10.4. The van der Waals surface area contributed by atoms with Crippen LogP contribution >= 0.6 is 0 Å². The van der Waals surface area contributed by atoms with Crippen LogP contribution in [0.4, 0.5) is 10.5 Å². The summed E-state index contributed by atoms with van der Waals surface area (Å²) >= 11 is 0. The number of hydrogen-bond donors (Lipinski definition) is 2. The molecule has 0 aromatic heterocycles. The Kier molecular flexibility index (Phi) is 6.92. The fraction of sp³-hybridized carbons (Fsp3) is 0.588. The summed E-state index contributed by atoms with van der Waals surface area (Å²) in [5.74, 6) is 0.655. The standard InChI is InChI=1S/C17H27N3O4S/c1-24-16-10-8-15(9-11-16)20(25(2,22)23)13-12-18-17(21)19-14-6-4-3-5-7-14/h8-11,14H,3-7,12-13H2,1-2H3,(H2,18,19,21). The van der Waals surface area contributed by atoms with E-state index >= 15 is 0 Å². The van der Waals surface area contributed by atoms with Crippen LogP contribution in [0.15, 0.2) is 24.3 Å². The Balaban J connectivity index is 1.88. The van der Waals surface area contributed by atoms with Crippen LogP contribution in [-0.2, 0) is 10.0 Å². The molecule has 8 heteroatoms. The molecular weight excluding hydrogens is 342 g/mol. The van der Waals surface area contributed by atoms with Gasteiger partial charge < -0.3 is 15.4 Å². The third-order valence-corrected chi connectivity index (χ3v) is 5.50. The molecule has 25 heavy (non-hydrogen) atoms. The van der Waals surface area contributed by atoms with Gasteiger partial charge in [0.25, 0.3) is 0 Å². The van der Waals surface area contributed by atoms with Crippen LogP contribution in [0.1, 0.15) is 32.1 Å². The van der Waals surface area contributed by atoms with Gasteiger partial charge in [0, 0.05) is 12.6 Å². The van der Waals surface area contributed by atoms with E-state index in [-0.39, 0.29) is 25.2 Å². The molecule has 1 saturated carbocycles. The molecule has 140 valence electrons. The summed E-state index contributed by atoms with van der Waals surface area (Å²) in [5.41, 5.74) is 0.540. The van der Waals surface area contributed by atoms with Crippen molar-refractivity contribution in [1.29, 1.82) is 0 Å². The lowest BCUT2D eigenvalue weighted by Gasteiger charge is -2.24. The van der Waals surface area contributed by atoms with Gasteiger partial charge in [0.05, 0.1) is 25.6 Å². The summed E-state index contributed by atoms with van der Waals surface area (Å²) in [5, 5.41) is 5.70. The van der Waals surface area contributed by atoms with E-state index in [1.807, 2.05) is 0 Å². The number of methoxy groups -OCH3 is 1. The van der Waals surface area contributed by atoms with E-state index in [1.165, 1.54) is 10.7 Å². The summed E-state index contributed by atoms with van der Waals surface area (Å²) in [6.45, 7) is 0.404. The molecule has 0 atom stereocenters. The van der Waals surface area contributed by atoms with E-state index in [2.05, 4.69) is 10.6 Å². The first kappa shape index (κ1) is 19.4. The lowest BCUT2D eigenvalue weighted by Crippen LogP contribution is -2.45. The highest BCUT2D eigenvalue weighted by atomic mass is 32.2. The van der Waals surface area contributed by atoms with E-state index in [4.69, 9.17) is 4.74 Å². The second-order valence-corrected chi connectivity index (χ2v) is 8.18. The number of anilines is 1. The molecule has 1 aromatic rings. The van der Waals surface area contributed by atoms with E-state index in [0.29, 0.717) is 11.4 Å². The number of urea groups is 1. The van der Waals surface area contributed by atoms with Gasteiger partial charge in [-0.2, -0.15) is 0 Å². The largest absolute Gasteiger partial charge is 0.497 e. The van der Waals surface area contributed by atoms with E-state index < -0.39 is 10.0 Å². The lowest BCUT2D eigenvalue weighted by molar-refractivity contribution is 0.233. The maximum atomic E-state index is 12.0. The Labute approximate surface area is 149 Å². The number of sulfonamides is 1. The van der Waals surface area contributed by atoms with Gasteiger partial charge in [-0.3, -0.25) is 4.31 Å². The zero-order valence-corrected chi connectivity index (χ0v) is 15.6. The number of hydrogen-bond acceptors (Lipinski definition) is 4. The zero-order valence-electron chi connectivity index (χ0n) is 14.8. The molecule has 7 nitrogen and oxygen atoms in total. The number of carbonyl (C=O) groups excluding carboxylic acids is 1. The number of benzene rings is 1. The summed E-state index contributed by atoms with van der Waals surface area (Å²) in [6, 6.07) is 6.76. The summed E-state index contributed by atoms with van der Waals surface area (Å²) in [4.78, 5) is 12.0. The molecule has 0 bridgehead atoms. The minimum absolute atomic E-state index is 0.170. The summed E-state index contributed by atoms with van der Waals surface area (Å²) in [6.07, 6.45) is 6.68. The molecule has 0 heterocycles. The number of amides is 2. The Morgan fingerprint density at radius 1 is 1.20 bits per heavy atom. The molecule has 1 aliphatic rings. The molecule has 0 saturated heterocycles. The van der Waals surface area contributed by atoms with Crippen molar-refractivity contribution < 1.29 is 17.9 Å². The Hall–Kier alpha value is -1.96. The van der Waals surface area contributed by atoms with E-state index in [0.717, 1.165) is 31.9 Å². The minimum Gasteiger partial charge on any atom is -0.497 e. The van der Waals surface area contributed by atoms with Crippen LogP contribution in [0, 0.1) is 0 Å². The van der Waals surface area contributed by atoms with Crippen molar-refractivity contribution in [1.82, 2.24) is 10.6 Å². The van der Waals surface area contributed by atoms with Crippen molar-refractivity contribution >= 4 is 21.7 Å². The highest BCUT2D eigenvalue weighted by Gasteiger charge is 2.19. The molecule has 0 radical (unpaired) electrons. The zero-order chi connectivity index (χ0) is 18.3. The van der Waals surface area contributed by atoms with Crippen LogP contribution in [0.5, 0.6) is 5.75 Å². The van der Waals surface area contributed by atoms with Crippen molar-refractivity contribution in [3.05, 3.63) is 24.3 Å². The highest BCUT2D eigenvalue weighted by molar-refractivity contribution is 7.92. The van der Waals surface area contributed by atoms with Crippen molar-refractivity contribution in [3.63, 3.8) is 0 Å². The minimum atomic E-state index is -3.44. The van der Waals surface area contributed by atoms with Gasteiger partial charge >= 0.3 is 6.03 Å². The van der Waals surface area contributed by atoms with Crippen molar-refractivity contribution in [2.24, 2.45) is 0 Å². The van der Waals surface area contributed by atoms with Crippen LogP contribution in [0.3, 0.4) is 0 Å². The van der Waals surface area contributed by atoms with Gasteiger partial charge in [-0.1, -0.05) is 19.3 Å². The second kappa shape index (κ2) is 8.94. The number of carbonyl (C=O) groups is 1. The number of rotatable bonds is 7. The number of nitrogens with zero attached hydrogens (tertiary/aromatic N) is 1. The van der Waals surface area contributed by atoms with Gasteiger partial charge in [-0.05, 0) is 37.1 Å². The fourth-order valence-electron chi connectivity index (χ4n) is 2.99. The van der Waals surface area contributed by atoms with Crippen LogP contribution in [0.25, 0.3) is 0 Å². The van der Waals surface area contributed by atoms with Gasteiger partial charge in [0.1, 0.15) is 5.75 Å². The predicted molar refractivity (Wildman–Crippen MR) is 98.6 cm³/mol. The maximum absolute atomic E-state index is 12.0. The number of nitrogens with one attached hydrogen (secondary N) is 2. The first-order chi connectivity index (χ1) is 11.9. The molecule has 2 rings (SSSR count). The number of ether oxygens (including phenoxy) is 1.